The molecule has 0 amide bonds. The molecule has 1 aromatic rings. The third-order valence-electron chi connectivity index (χ3n) is 3.84. The number of anilines is 1. The van der Waals surface area contributed by atoms with E-state index in [4.69, 9.17) is 0 Å². The molecule has 1 aliphatic heterocycles. The quantitative estimate of drug-likeness (QED) is 0.755. The fourth-order valence-electron chi connectivity index (χ4n) is 2.75. The Kier molecular flexibility index (Phi) is 5.05. The van der Waals surface area contributed by atoms with Crippen molar-refractivity contribution >= 4 is 5.95 Å². The molecule has 1 aromatic heterocycles. The van der Waals surface area contributed by atoms with E-state index in [9.17, 15) is 0 Å². The van der Waals surface area contributed by atoms with Crippen LogP contribution < -0.4 is 5.32 Å². The highest BCUT2D eigenvalue weighted by atomic mass is 15.2. The molecule has 0 aliphatic carbocycles. The monoisotopic (exact) mass is 250 g/mol. The fourth-order valence-corrected chi connectivity index (χ4v) is 2.75. The normalized spacial score (nSPS) is 20.4. The van der Waals surface area contributed by atoms with Gasteiger partial charge in [0.2, 0.25) is 5.95 Å². The maximum Gasteiger partial charge on any atom is 0.202 e. The van der Waals surface area contributed by atoms with Crippen molar-refractivity contribution in [3.05, 3.63) is 12.4 Å². The molecule has 2 heterocycles. The molecule has 0 saturated carbocycles. The Labute approximate surface area is 110 Å². The molecule has 0 spiro atoms. The van der Waals surface area contributed by atoms with E-state index in [1.54, 1.807) is 0 Å². The highest BCUT2D eigenvalue weighted by Crippen LogP contribution is 2.19. The summed E-state index contributed by atoms with van der Waals surface area (Å²) in [5.41, 5.74) is 0. The van der Waals surface area contributed by atoms with Gasteiger partial charge in [0, 0.05) is 31.5 Å². The molecule has 1 saturated heterocycles. The minimum Gasteiger partial charge on any atom is -0.356 e. The van der Waals surface area contributed by atoms with Crippen LogP contribution in [-0.4, -0.2) is 40.1 Å². The summed E-state index contributed by atoms with van der Waals surface area (Å²) in [6, 6.07) is 0.691. The van der Waals surface area contributed by atoms with Gasteiger partial charge < -0.3 is 9.88 Å². The van der Waals surface area contributed by atoms with Gasteiger partial charge in [-0.25, -0.2) is 4.98 Å². The summed E-state index contributed by atoms with van der Waals surface area (Å²) in [5.74, 6) is 1.03. The SMILES string of the molecule is CCCCNc1nccn1CC1CCCN1CC. The second kappa shape index (κ2) is 6.78. The molecule has 1 fully saturated rings. The van der Waals surface area contributed by atoms with Crippen LogP contribution in [0.4, 0.5) is 5.95 Å². The van der Waals surface area contributed by atoms with Gasteiger partial charge in [-0.1, -0.05) is 20.3 Å². The van der Waals surface area contributed by atoms with Crippen molar-refractivity contribution in [3.8, 4) is 0 Å². The van der Waals surface area contributed by atoms with E-state index in [1.807, 2.05) is 6.20 Å². The van der Waals surface area contributed by atoms with Crippen molar-refractivity contribution in [3.63, 3.8) is 0 Å². The van der Waals surface area contributed by atoms with Gasteiger partial charge in [-0.2, -0.15) is 0 Å². The van der Waals surface area contributed by atoms with Crippen molar-refractivity contribution in [1.29, 1.82) is 0 Å². The molecule has 102 valence electrons. The van der Waals surface area contributed by atoms with E-state index in [-0.39, 0.29) is 0 Å². The standard InChI is InChI=1S/C14H26N4/c1-3-5-8-15-14-16-9-11-18(14)12-13-7-6-10-17(13)4-2/h9,11,13H,3-8,10,12H2,1-2H3,(H,15,16). The van der Waals surface area contributed by atoms with Crippen molar-refractivity contribution in [2.24, 2.45) is 0 Å². The lowest BCUT2D eigenvalue weighted by atomic mass is 10.2. The third-order valence-corrected chi connectivity index (χ3v) is 3.84. The summed E-state index contributed by atoms with van der Waals surface area (Å²) >= 11 is 0. The lowest BCUT2D eigenvalue weighted by Gasteiger charge is -2.23. The lowest BCUT2D eigenvalue weighted by molar-refractivity contribution is 0.245. The fraction of sp³-hybridized carbons (Fsp3) is 0.786. The number of imidazole rings is 1. The predicted octanol–water partition coefficient (Wildman–Crippen LogP) is 2.58. The smallest absolute Gasteiger partial charge is 0.202 e. The van der Waals surface area contributed by atoms with E-state index in [0.717, 1.165) is 25.6 Å². The highest BCUT2D eigenvalue weighted by Gasteiger charge is 2.23. The summed E-state index contributed by atoms with van der Waals surface area (Å²) in [6.07, 6.45) is 9.09. The van der Waals surface area contributed by atoms with Crippen LogP contribution in [0.3, 0.4) is 0 Å². The molecule has 1 N–H and O–H groups in total. The van der Waals surface area contributed by atoms with Crippen molar-refractivity contribution in [2.45, 2.75) is 52.1 Å². The lowest BCUT2D eigenvalue weighted by Crippen LogP contribution is -2.32. The zero-order chi connectivity index (χ0) is 12.8. The van der Waals surface area contributed by atoms with E-state index in [0.29, 0.717) is 6.04 Å². The zero-order valence-electron chi connectivity index (χ0n) is 11.7. The van der Waals surface area contributed by atoms with Gasteiger partial charge in [-0.15, -0.1) is 0 Å². The van der Waals surface area contributed by atoms with Gasteiger partial charge in [-0.05, 0) is 32.4 Å². The Morgan fingerprint density at radius 3 is 3.11 bits per heavy atom. The Bertz CT molecular complexity index is 347. The molecule has 4 heteroatoms. The van der Waals surface area contributed by atoms with Crippen LogP contribution in [0.1, 0.15) is 39.5 Å². The predicted molar refractivity (Wildman–Crippen MR) is 75.9 cm³/mol. The third kappa shape index (κ3) is 3.25. The number of hydrogen-bond donors (Lipinski definition) is 1. The molecule has 1 unspecified atom stereocenters. The Morgan fingerprint density at radius 2 is 2.33 bits per heavy atom. The zero-order valence-corrected chi connectivity index (χ0v) is 11.7. The Morgan fingerprint density at radius 1 is 1.44 bits per heavy atom. The first-order chi connectivity index (χ1) is 8.85. The van der Waals surface area contributed by atoms with Gasteiger partial charge >= 0.3 is 0 Å². The Balaban J connectivity index is 1.90. The summed E-state index contributed by atoms with van der Waals surface area (Å²) in [7, 11) is 0. The van der Waals surface area contributed by atoms with Gasteiger partial charge in [0.25, 0.3) is 0 Å². The molecule has 1 aliphatic rings. The summed E-state index contributed by atoms with van der Waals surface area (Å²) in [4.78, 5) is 6.99. The van der Waals surface area contributed by atoms with E-state index in [1.165, 1.54) is 32.2 Å². The minimum atomic E-state index is 0.691. The Hall–Kier alpha value is -1.03. The average Bonchev–Trinajstić information content (AvgIpc) is 3.00. The maximum absolute atomic E-state index is 4.41. The van der Waals surface area contributed by atoms with Gasteiger partial charge in [0.15, 0.2) is 0 Å². The topological polar surface area (TPSA) is 33.1 Å². The largest absolute Gasteiger partial charge is 0.356 e. The molecular formula is C14H26N4. The second-order valence-corrected chi connectivity index (χ2v) is 5.11. The van der Waals surface area contributed by atoms with E-state index < -0.39 is 0 Å². The van der Waals surface area contributed by atoms with Crippen LogP contribution >= 0.6 is 0 Å². The van der Waals surface area contributed by atoms with Gasteiger partial charge in [0.1, 0.15) is 0 Å². The number of likely N-dealkylation sites (tertiary alicyclic amines) is 1. The molecule has 2 rings (SSSR count). The van der Waals surface area contributed by atoms with Crippen LogP contribution in [-0.2, 0) is 6.54 Å². The first-order valence-electron chi connectivity index (χ1n) is 7.34. The molecule has 4 nitrogen and oxygen atoms in total. The summed E-state index contributed by atoms with van der Waals surface area (Å²) in [6.45, 7) is 8.99. The number of unbranched alkanes of at least 4 members (excludes halogenated alkanes) is 1. The summed E-state index contributed by atoms with van der Waals surface area (Å²) < 4.78 is 2.27. The first-order valence-corrected chi connectivity index (χ1v) is 7.34. The van der Waals surface area contributed by atoms with E-state index >= 15 is 0 Å². The molecule has 0 bridgehead atoms. The second-order valence-electron chi connectivity index (χ2n) is 5.11. The number of hydrogen-bond acceptors (Lipinski definition) is 3. The number of rotatable bonds is 7. The van der Waals surface area contributed by atoms with Crippen LogP contribution in [0.25, 0.3) is 0 Å². The highest BCUT2D eigenvalue weighted by molar-refractivity contribution is 5.25. The number of aromatic nitrogens is 2. The minimum absolute atomic E-state index is 0.691. The van der Waals surface area contributed by atoms with Crippen LogP contribution in [0.2, 0.25) is 0 Å². The maximum atomic E-state index is 4.41. The van der Waals surface area contributed by atoms with Gasteiger partial charge in [-0.3, -0.25) is 4.90 Å². The molecule has 18 heavy (non-hydrogen) atoms. The molecule has 1 atom stereocenters. The van der Waals surface area contributed by atoms with Crippen LogP contribution in [0, 0.1) is 0 Å². The van der Waals surface area contributed by atoms with E-state index in [2.05, 4.69) is 39.8 Å². The number of likely N-dealkylation sites (N-methyl/N-ethyl adjacent to an activating group) is 1. The van der Waals surface area contributed by atoms with Crippen LogP contribution in [0.5, 0.6) is 0 Å². The van der Waals surface area contributed by atoms with Crippen molar-refractivity contribution in [1.82, 2.24) is 14.5 Å². The molecule has 0 radical (unpaired) electrons. The summed E-state index contributed by atoms with van der Waals surface area (Å²) in [5, 5.41) is 3.43. The molecule has 0 aromatic carbocycles. The van der Waals surface area contributed by atoms with Crippen LogP contribution in [0.15, 0.2) is 12.4 Å². The number of nitrogens with zero attached hydrogens (tertiary/aromatic N) is 3. The number of nitrogens with one attached hydrogen (secondary N) is 1. The molecular weight excluding hydrogens is 224 g/mol. The average molecular weight is 250 g/mol. The van der Waals surface area contributed by atoms with Crippen molar-refractivity contribution in [2.75, 3.05) is 25.0 Å². The van der Waals surface area contributed by atoms with Gasteiger partial charge in [0.05, 0.1) is 0 Å². The first kappa shape index (κ1) is 13.4. The van der Waals surface area contributed by atoms with Crippen molar-refractivity contribution < 1.29 is 0 Å².